The Labute approximate surface area is 125 Å². The van der Waals surface area contributed by atoms with Gasteiger partial charge in [0.25, 0.3) is 0 Å². The van der Waals surface area contributed by atoms with Gasteiger partial charge < -0.3 is 20.5 Å². The van der Waals surface area contributed by atoms with Crippen LogP contribution in [-0.4, -0.2) is 79.3 Å². The topological polar surface area (TPSA) is 96.1 Å². The maximum Gasteiger partial charge on any atom is 0.304 e. The van der Waals surface area contributed by atoms with E-state index >= 15 is 0 Å². The molecule has 0 saturated carbocycles. The summed E-state index contributed by atoms with van der Waals surface area (Å²) in [5.74, 6) is -0.635. The van der Waals surface area contributed by atoms with E-state index in [0.29, 0.717) is 52.2 Å². The van der Waals surface area contributed by atoms with Crippen molar-refractivity contribution in [1.82, 2.24) is 9.80 Å². The average Bonchev–Trinajstić information content (AvgIpc) is 2.53. The van der Waals surface area contributed by atoms with Crippen molar-refractivity contribution in [3.05, 3.63) is 0 Å². The minimum absolute atomic E-state index is 0.145. The van der Waals surface area contributed by atoms with Gasteiger partial charge in [-0.05, 0) is 12.8 Å². The van der Waals surface area contributed by atoms with Gasteiger partial charge in [-0.1, -0.05) is 0 Å². The Balaban J connectivity index is 1.86. The van der Waals surface area contributed by atoms with E-state index in [2.05, 4.69) is 4.90 Å². The molecule has 2 saturated heterocycles. The number of piperazine rings is 1. The van der Waals surface area contributed by atoms with Crippen molar-refractivity contribution in [2.45, 2.75) is 19.3 Å². The monoisotopic (exact) mass is 299 g/mol. The van der Waals surface area contributed by atoms with Crippen LogP contribution in [0.3, 0.4) is 0 Å². The molecule has 2 rings (SSSR count). The summed E-state index contributed by atoms with van der Waals surface area (Å²) in [4.78, 5) is 27.3. The van der Waals surface area contributed by atoms with Crippen LogP contribution >= 0.6 is 0 Å². The summed E-state index contributed by atoms with van der Waals surface area (Å²) in [7, 11) is 0. The van der Waals surface area contributed by atoms with Crippen LogP contribution in [0.5, 0.6) is 0 Å². The standard InChI is InChI=1S/C14H25N3O4/c15-11-14(2-9-21-10-3-14)13(20)17-7-5-16(6-8-17)4-1-12(18)19/h1-11,15H2,(H,18,19). The third-order valence-electron chi connectivity index (χ3n) is 4.60. The molecule has 120 valence electrons. The molecule has 0 aromatic carbocycles. The zero-order chi connectivity index (χ0) is 15.3. The molecule has 0 spiro atoms. The first kappa shape index (κ1) is 16.2. The number of nitrogens with zero attached hydrogens (tertiary/aromatic N) is 2. The molecule has 7 nitrogen and oxygen atoms in total. The molecule has 0 unspecified atom stereocenters. The number of carbonyl (C=O) groups excluding carboxylic acids is 1. The second kappa shape index (κ2) is 7.20. The number of carboxylic acid groups (broad SMARTS) is 1. The van der Waals surface area contributed by atoms with E-state index in [1.54, 1.807) is 0 Å². The fraction of sp³-hybridized carbons (Fsp3) is 0.857. The van der Waals surface area contributed by atoms with Crippen LogP contribution < -0.4 is 5.73 Å². The Bertz CT molecular complexity index is 374. The van der Waals surface area contributed by atoms with E-state index in [0.717, 1.165) is 13.1 Å². The fourth-order valence-corrected chi connectivity index (χ4v) is 3.03. The number of amides is 1. The summed E-state index contributed by atoms with van der Waals surface area (Å²) in [5.41, 5.74) is 5.42. The lowest BCUT2D eigenvalue weighted by atomic mass is 9.78. The van der Waals surface area contributed by atoms with Crippen LogP contribution in [0.4, 0.5) is 0 Å². The van der Waals surface area contributed by atoms with Crippen molar-refractivity contribution in [3.63, 3.8) is 0 Å². The van der Waals surface area contributed by atoms with Gasteiger partial charge in [0.2, 0.25) is 5.91 Å². The van der Waals surface area contributed by atoms with Crippen LogP contribution in [0, 0.1) is 5.41 Å². The van der Waals surface area contributed by atoms with E-state index in [4.69, 9.17) is 15.6 Å². The first-order valence-corrected chi connectivity index (χ1v) is 7.59. The third-order valence-corrected chi connectivity index (χ3v) is 4.60. The number of nitrogens with two attached hydrogens (primary N) is 1. The molecule has 2 aliphatic rings. The van der Waals surface area contributed by atoms with Gasteiger partial charge in [0.05, 0.1) is 11.8 Å². The zero-order valence-corrected chi connectivity index (χ0v) is 12.4. The number of hydrogen-bond donors (Lipinski definition) is 2. The molecule has 0 atom stereocenters. The second-order valence-corrected chi connectivity index (χ2v) is 5.87. The normalized spacial score (nSPS) is 23.0. The van der Waals surface area contributed by atoms with E-state index in [9.17, 15) is 9.59 Å². The molecule has 0 aliphatic carbocycles. The van der Waals surface area contributed by atoms with Crippen molar-refractivity contribution in [2.75, 3.05) is 52.5 Å². The number of aliphatic carboxylic acids is 1. The molecule has 21 heavy (non-hydrogen) atoms. The van der Waals surface area contributed by atoms with Crippen LogP contribution in [0.1, 0.15) is 19.3 Å². The van der Waals surface area contributed by atoms with Gasteiger partial charge in [-0.15, -0.1) is 0 Å². The highest BCUT2D eigenvalue weighted by Crippen LogP contribution is 2.32. The highest BCUT2D eigenvalue weighted by molar-refractivity contribution is 5.83. The summed E-state index contributed by atoms with van der Waals surface area (Å²) in [6, 6.07) is 0. The highest BCUT2D eigenvalue weighted by Gasteiger charge is 2.41. The Morgan fingerprint density at radius 2 is 1.76 bits per heavy atom. The van der Waals surface area contributed by atoms with E-state index < -0.39 is 11.4 Å². The van der Waals surface area contributed by atoms with Gasteiger partial charge in [-0.2, -0.15) is 0 Å². The zero-order valence-electron chi connectivity index (χ0n) is 12.4. The van der Waals surface area contributed by atoms with Crippen molar-refractivity contribution in [3.8, 4) is 0 Å². The summed E-state index contributed by atoms with van der Waals surface area (Å²) in [6.45, 7) is 4.89. The lowest BCUT2D eigenvalue weighted by Gasteiger charge is -2.42. The molecule has 2 aliphatic heterocycles. The van der Waals surface area contributed by atoms with Gasteiger partial charge in [0, 0.05) is 52.5 Å². The lowest BCUT2D eigenvalue weighted by Crippen LogP contribution is -2.56. The molecule has 7 heteroatoms. The summed E-state index contributed by atoms with van der Waals surface area (Å²) in [6.07, 6.45) is 1.54. The fourth-order valence-electron chi connectivity index (χ4n) is 3.03. The molecule has 3 N–H and O–H groups in total. The van der Waals surface area contributed by atoms with Gasteiger partial charge >= 0.3 is 5.97 Å². The van der Waals surface area contributed by atoms with Crippen LogP contribution in [-0.2, 0) is 14.3 Å². The van der Waals surface area contributed by atoms with Crippen LogP contribution in [0.15, 0.2) is 0 Å². The van der Waals surface area contributed by atoms with Crippen molar-refractivity contribution in [2.24, 2.45) is 11.1 Å². The smallest absolute Gasteiger partial charge is 0.304 e. The first-order chi connectivity index (χ1) is 10.1. The quantitative estimate of drug-likeness (QED) is 0.701. The molecule has 0 radical (unpaired) electrons. The van der Waals surface area contributed by atoms with Crippen molar-refractivity contribution < 1.29 is 19.4 Å². The van der Waals surface area contributed by atoms with E-state index in [-0.39, 0.29) is 12.3 Å². The van der Waals surface area contributed by atoms with Crippen LogP contribution in [0.25, 0.3) is 0 Å². The average molecular weight is 299 g/mol. The molecule has 0 bridgehead atoms. The number of hydrogen-bond acceptors (Lipinski definition) is 5. The first-order valence-electron chi connectivity index (χ1n) is 7.59. The Hall–Kier alpha value is -1.18. The molecule has 2 fully saturated rings. The molecular formula is C14H25N3O4. The predicted molar refractivity (Wildman–Crippen MR) is 76.8 cm³/mol. The predicted octanol–water partition coefficient (Wildman–Crippen LogP) is -0.639. The van der Waals surface area contributed by atoms with Crippen molar-refractivity contribution in [1.29, 1.82) is 0 Å². The minimum Gasteiger partial charge on any atom is -0.481 e. The minimum atomic E-state index is -0.780. The summed E-state index contributed by atoms with van der Waals surface area (Å²) >= 11 is 0. The van der Waals surface area contributed by atoms with Gasteiger partial charge in [-0.3, -0.25) is 14.5 Å². The maximum absolute atomic E-state index is 12.8. The number of carboxylic acids is 1. The molecular weight excluding hydrogens is 274 g/mol. The summed E-state index contributed by atoms with van der Waals surface area (Å²) < 4.78 is 5.35. The van der Waals surface area contributed by atoms with Gasteiger partial charge in [0.1, 0.15) is 0 Å². The molecule has 0 aromatic heterocycles. The Morgan fingerprint density at radius 3 is 2.29 bits per heavy atom. The molecule has 1 amide bonds. The number of rotatable bonds is 5. The van der Waals surface area contributed by atoms with Gasteiger partial charge in [-0.25, -0.2) is 0 Å². The third kappa shape index (κ3) is 3.93. The summed E-state index contributed by atoms with van der Waals surface area (Å²) in [5, 5.41) is 8.70. The SMILES string of the molecule is NCC1(C(=O)N2CCN(CCC(=O)O)CC2)CCOCC1. The van der Waals surface area contributed by atoms with Crippen molar-refractivity contribution >= 4 is 11.9 Å². The largest absolute Gasteiger partial charge is 0.481 e. The van der Waals surface area contributed by atoms with E-state index in [1.165, 1.54) is 0 Å². The number of ether oxygens (including phenoxy) is 1. The number of carbonyl (C=O) groups is 2. The highest BCUT2D eigenvalue weighted by atomic mass is 16.5. The maximum atomic E-state index is 12.8. The molecule has 2 heterocycles. The Kier molecular flexibility index (Phi) is 5.55. The van der Waals surface area contributed by atoms with Crippen LogP contribution in [0.2, 0.25) is 0 Å². The van der Waals surface area contributed by atoms with Gasteiger partial charge in [0.15, 0.2) is 0 Å². The van der Waals surface area contributed by atoms with E-state index in [1.807, 2.05) is 4.90 Å². The Morgan fingerprint density at radius 1 is 1.14 bits per heavy atom. The second-order valence-electron chi connectivity index (χ2n) is 5.87. The molecule has 0 aromatic rings. The lowest BCUT2D eigenvalue weighted by molar-refractivity contribution is -0.149.